The van der Waals surface area contributed by atoms with Gasteiger partial charge in [0.15, 0.2) is 11.9 Å². The van der Waals surface area contributed by atoms with Gasteiger partial charge in [-0.15, -0.1) is 0 Å². The molecule has 0 aromatic rings. The van der Waals surface area contributed by atoms with Gasteiger partial charge in [-0.2, -0.15) is 0 Å². The minimum absolute atomic E-state index is 0.112. The smallest absolute Gasteiger partial charge is 0.221 e. The Kier molecular flexibility index (Phi) is 3.55. The second-order valence-corrected chi connectivity index (χ2v) is 7.31. The maximum atomic E-state index is 10.5. The number of hydrogen-bond donors (Lipinski definition) is 2. The Balaban J connectivity index is 1.80. The van der Waals surface area contributed by atoms with Crippen LogP contribution in [-0.4, -0.2) is 53.7 Å². The second kappa shape index (κ2) is 5.36. The zero-order valence-corrected chi connectivity index (χ0v) is 13.7. The topological polar surface area (TPSA) is 62.2 Å². The minimum Gasteiger partial charge on any atom is -0.493 e. The van der Waals surface area contributed by atoms with Crippen molar-refractivity contribution in [1.29, 1.82) is 0 Å². The molecular weight excluding hydrogens is 294 g/mol. The molecule has 1 unspecified atom stereocenters. The lowest BCUT2D eigenvalue weighted by atomic mass is 9.69. The quantitative estimate of drug-likeness (QED) is 0.565. The van der Waals surface area contributed by atoms with Crippen molar-refractivity contribution >= 4 is 0 Å². The molecule has 2 heterocycles. The molecule has 0 spiro atoms. The number of likely N-dealkylation sites (tertiary alicyclic amines) is 1. The monoisotopic (exact) mass is 319 g/mol. The maximum absolute atomic E-state index is 10.5. The largest absolute Gasteiger partial charge is 0.493 e. The summed E-state index contributed by atoms with van der Waals surface area (Å²) in [6, 6.07) is 0.408. The number of allylic oxidation sites excluding steroid dienone is 3. The summed E-state index contributed by atoms with van der Waals surface area (Å²) in [7, 11) is 3.80. The normalized spacial score (nSPS) is 41.7. The summed E-state index contributed by atoms with van der Waals surface area (Å²) in [5, 5.41) is 21.0. The molecule has 2 saturated heterocycles. The first-order valence-electron chi connectivity index (χ1n) is 8.46. The molecule has 0 saturated carbocycles. The van der Waals surface area contributed by atoms with E-state index >= 15 is 0 Å². The molecule has 0 radical (unpaired) electrons. The zero-order valence-electron chi connectivity index (χ0n) is 13.7. The highest BCUT2D eigenvalue weighted by molar-refractivity contribution is 5.26. The number of ether oxygens (including phenoxy) is 2. The standard InChI is InChI=1S/C18H25NO4/c1-19-8-6-13-12-5-7-18(20,21)17(13)23-16-10-11(9-14(12)19)3-4-15(16)22-2/h3-5,7,11-14,17,20-21H,6,8-10H2,1-2H3/t11?,12-,13+,14-,17-/m1/s1. The average molecular weight is 319 g/mol. The first kappa shape index (κ1) is 15.2. The molecule has 5 heteroatoms. The lowest BCUT2D eigenvalue weighted by Crippen LogP contribution is -2.58. The van der Waals surface area contributed by atoms with Gasteiger partial charge >= 0.3 is 0 Å². The van der Waals surface area contributed by atoms with Gasteiger partial charge in [-0.1, -0.05) is 12.2 Å². The number of piperidine rings is 1. The van der Waals surface area contributed by atoms with Crippen LogP contribution in [0.15, 0.2) is 35.8 Å². The molecule has 2 aliphatic heterocycles. The Hall–Kier alpha value is -1.30. The van der Waals surface area contributed by atoms with E-state index in [0.717, 1.165) is 31.6 Å². The molecule has 23 heavy (non-hydrogen) atoms. The van der Waals surface area contributed by atoms with Gasteiger partial charge in [0.05, 0.1) is 7.11 Å². The zero-order chi connectivity index (χ0) is 16.2. The highest BCUT2D eigenvalue weighted by Gasteiger charge is 2.52. The summed E-state index contributed by atoms with van der Waals surface area (Å²) in [4.78, 5) is 2.42. The predicted octanol–water partition coefficient (Wildman–Crippen LogP) is 1.40. The summed E-state index contributed by atoms with van der Waals surface area (Å²) in [5.74, 6) is 0.338. The van der Waals surface area contributed by atoms with Crippen LogP contribution in [0, 0.1) is 17.8 Å². The second-order valence-electron chi connectivity index (χ2n) is 7.31. The van der Waals surface area contributed by atoms with Gasteiger partial charge in [0.25, 0.3) is 0 Å². The van der Waals surface area contributed by atoms with Crippen LogP contribution < -0.4 is 0 Å². The lowest BCUT2D eigenvalue weighted by molar-refractivity contribution is -0.226. The van der Waals surface area contributed by atoms with Gasteiger partial charge in [-0.25, -0.2) is 0 Å². The fourth-order valence-electron chi connectivity index (χ4n) is 4.72. The third-order valence-electron chi connectivity index (χ3n) is 5.97. The van der Waals surface area contributed by atoms with Gasteiger partial charge in [-0.3, -0.25) is 0 Å². The van der Waals surface area contributed by atoms with Gasteiger partial charge in [0.1, 0.15) is 5.76 Å². The third-order valence-corrected chi connectivity index (χ3v) is 5.97. The van der Waals surface area contributed by atoms with E-state index in [0.29, 0.717) is 23.6 Å². The fraction of sp³-hybridized carbons (Fsp3) is 0.667. The van der Waals surface area contributed by atoms with Crippen LogP contribution in [0.5, 0.6) is 0 Å². The molecule has 4 aliphatic rings. The fourth-order valence-corrected chi connectivity index (χ4v) is 4.72. The first-order chi connectivity index (χ1) is 11.0. The predicted molar refractivity (Wildman–Crippen MR) is 85.1 cm³/mol. The summed E-state index contributed by atoms with van der Waals surface area (Å²) in [6.07, 6.45) is 9.76. The molecule has 2 N–H and O–H groups in total. The average Bonchev–Trinajstić information content (AvgIpc) is 2.54. The SMILES string of the molecule is COC1=C2CC(C=C1)C[C@@H]1[C@@H]3C=CC(O)(O)[C@H](O2)[C@H]3CCN1C. The van der Waals surface area contributed by atoms with Crippen molar-refractivity contribution in [3.05, 3.63) is 35.8 Å². The Labute approximate surface area is 136 Å². The first-order valence-corrected chi connectivity index (χ1v) is 8.46. The molecule has 0 amide bonds. The highest BCUT2D eigenvalue weighted by Crippen LogP contribution is 2.46. The summed E-state index contributed by atoms with van der Waals surface area (Å²) < 4.78 is 11.6. The van der Waals surface area contributed by atoms with Crippen LogP contribution >= 0.6 is 0 Å². The molecule has 6 bridgehead atoms. The number of fused-ring (bicyclic) bond motifs is 2. The van der Waals surface area contributed by atoms with Gasteiger partial charge in [-0.05, 0) is 50.4 Å². The lowest BCUT2D eigenvalue weighted by Gasteiger charge is -2.49. The summed E-state index contributed by atoms with van der Waals surface area (Å²) >= 11 is 0. The van der Waals surface area contributed by atoms with Crippen molar-refractivity contribution in [1.82, 2.24) is 4.90 Å². The van der Waals surface area contributed by atoms with E-state index in [1.807, 2.05) is 12.2 Å². The number of methoxy groups -OCH3 is 1. The molecular formula is C18H25NO4. The van der Waals surface area contributed by atoms with E-state index in [1.54, 1.807) is 7.11 Å². The Morgan fingerprint density at radius 1 is 1.35 bits per heavy atom. The molecule has 0 aromatic heterocycles. The summed E-state index contributed by atoms with van der Waals surface area (Å²) in [5.41, 5.74) is 0. The van der Waals surface area contributed by atoms with Crippen LogP contribution in [0.1, 0.15) is 19.3 Å². The van der Waals surface area contributed by atoms with Crippen molar-refractivity contribution in [3.8, 4) is 0 Å². The third kappa shape index (κ3) is 2.42. The Morgan fingerprint density at radius 3 is 2.96 bits per heavy atom. The van der Waals surface area contributed by atoms with Crippen LogP contribution in [0.4, 0.5) is 0 Å². The molecule has 4 rings (SSSR count). The molecule has 126 valence electrons. The van der Waals surface area contributed by atoms with Crippen LogP contribution in [0.3, 0.4) is 0 Å². The van der Waals surface area contributed by atoms with Crippen molar-refractivity contribution in [3.63, 3.8) is 0 Å². The van der Waals surface area contributed by atoms with E-state index in [2.05, 4.69) is 18.0 Å². The number of aliphatic hydroxyl groups is 2. The van der Waals surface area contributed by atoms with E-state index < -0.39 is 11.9 Å². The van der Waals surface area contributed by atoms with Gasteiger partial charge in [0.2, 0.25) is 5.79 Å². The molecule has 2 fully saturated rings. The molecule has 5 atom stereocenters. The number of rotatable bonds is 1. The molecule has 0 aromatic carbocycles. The summed E-state index contributed by atoms with van der Waals surface area (Å²) in [6.45, 7) is 0.961. The van der Waals surface area contributed by atoms with Gasteiger partial charge in [0, 0.05) is 18.4 Å². The van der Waals surface area contributed by atoms with E-state index in [9.17, 15) is 10.2 Å². The van der Waals surface area contributed by atoms with Crippen LogP contribution in [0.25, 0.3) is 0 Å². The van der Waals surface area contributed by atoms with E-state index in [-0.39, 0.29) is 5.92 Å². The van der Waals surface area contributed by atoms with Gasteiger partial charge < -0.3 is 24.6 Å². The molecule has 2 aliphatic carbocycles. The Bertz CT molecular complexity index is 580. The van der Waals surface area contributed by atoms with Crippen LogP contribution in [0.2, 0.25) is 0 Å². The van der Waals surface area contributed by atoms with E-state index in [4.69, 9.17) is 9.47 Å². The Morgan fingerprint density at radius 2 is 2.17 bits per heavy atom. The number of nitrogens with zero attached hydrogens (tertiary/aromatic N) is 1. The maximum Gasteiger partial charge on any atom is 0.221 e. The van der Waals surface area contributed by atoms with E-state index in [1.165, 1.54) is 6.08 Å². The van der Waals surface area contributed by atoms with Crippen molar-refractivity contribution in [2.75, 3.05) is 20.7 Å². The number of hydrogen-bond acceptors (Lipinski definition) is 5. The van der Waals surface area contributed by atoms with Crippen molar-refractivity contribution in [2.24, 2.45) is 17.8 Å². The molecule has 5 nitrogen and oxygen atoms in total. The van der Waals surface area contributed by atoms with Crippen molar-refractivity contribution in [2.45, 2.75) is 37.2 Å². The van der Waals surface area contributed by atoms with Crippen molar-refractivity contribution < 1.29 is 19.7 Å². The minimum atomic E-state index is -1.92. The highest BCUT2D eigenvalue weighted by atomic mass is 16.6. The van der Waals surface area contributed by atoms with Crippen LogP contribution in [-0.2, 0) is 9.47 Å².